The zero-order chi connectivity index (χ0) is 26.7. The molecule has 0 unspecified atom stereocenters. The van der Waals surface area contributed by atoms with E-state index in [1.165, 1.54) is 16.4 Å². The molecule has 5 rings (SSSR count). The van der Waals surface area contributed by atoms with Gasteiger partial charge < -0.3 is 9.84 Å². The number of aromatic nitrogens is 2. The third kappa shape index (κ3) is 5.36. The van der Waals surface area contributed by atoms with E-state index in [4.69, 9.17) is 4.74 Å². The van der Waals surface area contributed by atoms with Crippen LogP contribution in [0.1, 0.15) is 27.3 Å². The van der Waals surface area contributed by atoms with Gasteiger partial charge in [0, 0.05) is 17.3 Å². The van der Waals surface area contributed by atoms with Crippen molar-refractivity contribution in [2.75, 3.05) is 4.31 Å². The van der Waals surface area contributed by atoms with Crippen molar-refractivity contribution in [3.63, 3.8) is 0 Å². The summed E-state index contributed by atoms with van der Waals surface area (Å²) in [5, 5.41) is 12.6. The number of hydrogen-bond donors (Lipinski definition) is 1. The van der Waals surface area contributed by atoms with Gasteiger partial charge in [-0.2, -0.15) is 8.42 Å². The summed E-state index contributed by atoms with van der Waals surface area (Å²) in [6, 6.07) is 22.9. The van der Waals surface area contributed by atoms with E-state index in [2.05, 4.69) is 9.97 Å². The summed E-state index contributed by atoms with van der Waals surface area (Å²) in [5.41, 5.74) is 2.44. The molecule has 0 saturated heterocycles. The molecule has 0 saturated carbocycles. The van der Waals surface area contributed by atoms with Crippen LogP contribution in [0.4, 0.5) is 5.69 Å². The summed E-state index contributed by atoms with van der Waals surface area (Å²) in [4.78, 5) is 19.8. The monoisotopic (exact) mass is 545 g/mol. The molecule has 3 aromatic carbocycles. The van der Waals surface area contributed by atoms with Crippen LogP contribution in [-0.2, 0) is 23.2 Å². The topological polar surface area (TPSA) is 110 Å². The molecule has 0 spiro atoms. The number of aromatic carboxylic acids is 1. The van der Waals surface area contributed by atoms with Gasteiger partial charge in [-0.05, 0) is 59.7 Å². The fraction of sp³-hybridized carbons (Fsp3) is 0.107. The van der Waals surface area contributed by atoms with Crippen molar-refractivity contribution in [1.29, 1.82) is 0 Å². The number of sulfonamides is 1. The lowest BCUT2D eigenvalue weighted by Crippen LogP contribution is -2.31. The molecule has 0 atom stereocenters. The molecule has 0 aliphatic heterocycles. The first-order chi connectivity index (χ1) is 18.3. The van der Waals surface area contributed by atoms with Crippen molar-refractivity contribution in [2.24, 2.45) is 0 Å². The first-order valence-corrected chi connectivity index (χ1v) is 14.0. The van der Waals surface area contributed by atoms with Gasteiger partial charge in [0.05, 0.1) is 23.5 Å². The molecule has 192 valence electrons. The average molecular weight is 546 g/mol. The maximum atomic E-state index is 13.9. The van der Waals surface area contributed by atoms with E-state index < -0.39 is 16.0 Å². The fourth-order valence-electron chi connectivity index (χ4n) is 3.91. The highest BCUT2D eigenvalue weighted by molar-refractivity contribution is 7.94. The molecule has 5 aromatic rings. The van der Waals surface area contributed by atoms with E-state index in [-0.39, 0.29) is 23.1 Å². The highest BCUT2D eigenvalue weighted by Crippen LogP contribution is 2.38. The number of hydrogen-bond acceptors (Lipinski definition) is 7. The zero-order valence-electron chi connectivity index (χ0n) is 20.3. The molecule has 10 heteroatoms. The number of anilines is 1. The standard InChI is InChI=1S/C28H23N3O5S2/c1-19-18-37-28(30-19)38(34,35)31(16-24-8-4-5-13-29-24)25-14-22-6-2-3-7-23(22)15-26(25)36-17-20-9-11-21(12-10-20)27(32)33/h2-15,18H,16-17H2,1H3,(H,32,33). The first kappa shape index (κ1) is 25.4. The predicted molar refractivity (Wildman–Crippen MR) is 146 cm³/mol. The molecule has 38 heavy (non-hydrogen) atoms. The average Bonchev–Trinajstić information content (AvgIpc) is 3.38. The zero-order valence-corrected chi connectivity index (χ0v) is 21.9. The number of nitrogens with zero attached hydrogens (tertiary/aromatic N) is 3. The summed E-state index contributed by atoms with van der Waals surface area (Å²) in [5.74, 6) is -0.652. The minimum Gasteiger partial charge on any atom is -0.487 e. The Morgan fingerprint density at radius 1 is 1.00 bits per heavy atom. The smallest absolute Gasteiger partial charge is 0.335 e. The second-order valence-corrected chi connectivity index (χ2v) is 11.4. The van der Waals surface area contributed by atoms with E-state index in [0.717, 1.165) is 27.7 Å². The SMILES string of the molecule is Cc1csc(S(=O)(=O)N(Cc2ccccn2)c2cc3ccccc3cc2OCc2ccc(C(=O)O)cc2)n1. The Balaban J connectivity index is 1.60. The molecule has 2 heterocycles. The van der Waals surface area contributed by atoms with Crippen LogP contribution >= 0.6 is 11.3 Å². The summed E-state index contributed by atoms with van der Waals surface area (Å²) < 4.78 is 35.4. The fourth-order valence-corrected chi connectivity index (χ4v) is 6.48. The molecular formula is C28H23N3O5S2. The Kier molecular flexibility index (Phi) is 7.08. The Hall–Kier alpha value is -4.28. The number of carboxylic acids is 1. The molecule has 8 nitrogen and oxygen atoms in total. The van der Waals surface area contributed by atoms with Crippen LogP contribution in [0.15, 0.2) is 94.8 Å². The largest absolute Gasteiger partial charge is 0.487 e. The van der Waals surface area contributed by atoms with Crippen molar-refractivity contribution < 1.29 is 23.1 Å². The van der Waals surface area contributed by atoms with Crippen LogP contribution in [0, 0.1) is 6.92 Å². The van der Waals surface area contributed by atoms with Gasteiger partial charge in [0.1, 0.15) is 12.4 Å². The van der Waals surface area contributed by atoms with Crippen molar-refractivity contribution in [3.8, 4) is 5.75 Å². The van der Waals surface area contributed by atoms with Crippen molar-refractivity contribution in [2.45, 2.75) is 24.4 Å². The third-order valence-corrected chi connectivity index (χ3v) is 8.94. The van der Waals surface area contributed by atoms with E-state index in [9.17, 15) is 18.3 Å². The highest BCUT2D eigenvalue weighted by atomic mass is 32.2. The number of thiazole rings is 1. The molecule has 2 aromatic heterocycles. The van der Waals surface area contributed by atoms with E-state index in [1.807, 2.05) is 30.3 Å². The molecule has 0 fully saturated rings. The number of benzene rings is 3. The first-order valence-electron chi connectivity index (χ1n) is 11.6. The number of aryl methyl sites for hydroxylation is 1. The maximum absolute atomic E-state index is 13.9. The molecule has 0 amide bonds. The molecule has 0 radical (unpaired) electrons. The van der Waals surface area contributed by atoms with Gasteiger partial charge in [-0.3, -0.25) is 9.29 Å². The lowest BCUT2D eigenvalue weighted by Gasteiger charge is -2.26. The number of ether oxygens (including phenoxy) is 1. The molecule has 1 N–H and O–H groups in total. The maximum Gasteiger partial charge on any atom is 0.335 e. The van der Waals surface area contributed by atoms with E-state index >= 15 is 0 Å². The normalized spacial score (nSPS) is 11.4. The summed E-state index contributed by atoms with van der Waals surface area (Å²) in [7, 11) is -4.07. The number of carboxylic acid groups (broad SMARTS) is 1. The molecule has 0 aliphatic rings. The minimum absolute atomic E-state index is 0.0192. The summed E-state index contributed by atoms with van der Waals surface area (Å²) >= 11 is 1.06. The molecule has 0 bridgehead atoms. The van der Waals surface area contributed by atoms with Crippen molar-refractivity contribution >= 4 is 43.8 Å². The van der Waals surface area contributed by atoms with Gasteiger partial charge in [-0.1, -0.05) is 42.5 Å². The minimum atomic E-state index is -4.07. The van der Waals surface area contributed by atoms with Gasteiger partial charge in [0.25, 0.3) is 10.0 Å². The number of carbonyl (C=O) groups is 1. The lowest BCUT2D eigenvalue weighted by atomic mass is 10.1. The second-order valence-electron chi connectivity index (χ2n) is 8.55. The second kappa shape index (κ2) is 10.6. The van der Waals surface area contributed by atoms with E-state index in [1.54, 1.807) is 54.9 Å². The Bertz CT molecular complexity index is 1700. The van der Waals surface area contributed by atoms with Crippen LogP contribution in [0.2, 0.25) is 0 Å². The van der Waals surface area contributed by atoms with Crippen molar-refractivity contribution in [3.05, 3.63) is 113 Å². The Morgan fingerprint density at radius 3 is 2.34 bits per heavy atom. The van der Waals surface area contributed by atoms with Gasteiger partial charge in [-0.25, -0.2) is 9.78 Å². The van der Waals surface area contributed by atoms with Crippen molar-refractivity contribution in [1.82, 2.24) is 9.97 Å². The van der Waals surface area contributed by atoms with Crippen LogP contribution < -0.4 is 9.04 Å². The van der Waals surface area contributed by atoms with Gasteiger partial charge in [0.15, 0.2) is 0 Å². The third-order valence-electron chi connectivity index (χ3n) is 5.83. The van der Waals surface area contributed by atoms with Gasteiger partial charge >= 0.3 is 5.97 Å². The summed E-state index contributed by atoms with van der Waals surface area (Å²) in [6.45, 7) is 1.84. The summed E-state index contributed by atoms with van der Waals surface area (Å²) in [6.07, 6.45) is 1.62. The van der Waals surface area contributed by atoms with Gasteiger partial charge in [0.2, 0.25) is 4.34 Å². The lowest BCUT2D eigenvalue weighted by molar-refractivity contribution is 0.0697. The van der Waals surface area contributed by atoms with Gasteiger partial charge in [-0.15, -0.1) is 11.3 Å². The molecular weight excluding hydrogens is 522 g/mol. The van der Waals surface area contributed by atoms with Crippen LogP contribution in [0.3, 0.4) is 0 Å². The Labute approximate surface area is 223 Å². The Morgan fingerprint density at radius 2 is 1.71 bits per heavy atom. The molecule has 0 aliphatic carbocycles. The van der Waals surface area contributed by atoms with Crippen LogP contribution in [-0.4, -0.2) is 29.5 Å². The number of rotatable bonds is 9. The number of pyridine rings is 1. The van der Waals surface area contributed by atoms with Crippen LogP contribution in [0.25, 0.3) is 10.8 Å². The predicted octanol–water partition coefficient (Wildman–Crippen LogP) is 5.67. The quantitative estimate of drug-likeness (QED) is 0.254. The number of fused-ring (bicyclic) bond motifs is 1. The highest BCUT2D eigenvalue weighted by Gasteiger charge is 2.31. The van der Waals surface area contributed by atoms with Crippen LogP contribution in [0.5, 0.6) is 5.75 Å². The van der Waals surface area contributed by atoms with E-state index in [0.29, 0.717) is 22.8 Å².